The van der Waals surface area contributed by atoms with Gasteiger partial charge in [-0.05, 0) is 111 Å². The van der Waals surface area contributed by atoms with E-state index in [1.165, 1.54) is 42.4 Å². The Morgan fingerprint density at radius 3 is 2.58 bits per heavy atom. The highest BCUT2D eigenvalue weighted by Crippen LogP contribution is 2.49. The van der Waals surface area contributed by atoms with Gasteiger partial charge in [-0.1, -0.05) is 23.4 Å². The number of primary amides is 1. The van der Waals surface area contributed by atoms with Gasteiger partial charge in [0, 0.05) is 69.5 Å². The third-order valence-electron chi connectivity index (χ3n) is 14.3. The number of carbonyl (C=O) groups is 3. The molecule has 10 rings (SSSR count). The maximum atomic E-state index is 12.7. The predicted octanol–water partition coefficient (Wildman–Crippen LogP) is 4.48. The van der Waals surface area contributed by atoms with E-state index < -0.39 is 18.1 Å². The monoisotopic (exact) mass is 802 g/mol. The van der Waals surface area contributed by atoms with Gasteiger partial charge in [-0.3, -0.25) is 9.59 Å². The molecule has 4 amide bonds. The van der Waals surface area contributed by atoms with Gasteiger partial charge in [0.2, 0.25) is 5.91 Å². The average Bonchev–Trinajstić information content (AvgIpc) is 3.94. The number of piperidine rings is 2. The number of nitrogens with two attached hydrogens (primary N) is 1. The lowest BCUT2D eigenvalue weighted by molar-refractivity contribution is -0.128. The number of urea groups is 1. The second kappa shape index (κ2) is 15.1. The quantitative estimate of drug-likeness (QED) is 0.187. The standard InChI is InChI=1S/C44H54N10O5/c1-51-17-18-54(43(51)58)31-3-2-16-53(23-31)35-21-46-38(40(45)56)41(48-35)47-30-7-4-27(5-8-30)28-12-14-44(15-13-28)24-52(25-44)22-26-19-29-6-9-32-37(50-59-39(32)34(29)20-26)33-10-11-36(55)49-42(33)57/h4-9,21,26,28,31,33,36,55H,2-3,10-20,22-25H2,1H3,(H2,45,56)(H,47,48)(H,49,57)/t26-,31-,33?,36?/m1/s1. The van der Waals surface area contributed by atoms with Gasteiger partial charge in [0.15, 0.2) is 17.1 Å². The summed E-state index contributed by atoms with van der Waals surface area (Å²) in [7, 11) is 1.84. The van der Waals surface area contributed by atoms with Crippen LogP contribution in [0.25, 0.3) is 11.0 Å². The van der Waals surface area contributed by atoms with Crippen LogP contribution >= 0.6 is 0 Å². The summed E-state index contributed by atoms with van der Waals surface area (Å²) in [5.41, 5.74) is 12.5. The Hall–Kier alpha value is -5.28. The van der Waals surface area contributed by atoms with E-state index in [-0.39, 0.29) is 23.7 Å². The molecule has 2 unspecified atom stereocenters. The Labute approximate surface area is 343 Å². The van der Waals surface area contributed by atoms with Crippen LogP contribution in [0.4, 0.5) is 22.1 Å². The molecule has 6 heterocycles. The number of nitrogens with one attached hydrogen (secondary N) is 2. The van der Waals surface area contributed by atoms with Crippen LogP contribution in [-0.2, 0) is 17.6 Å². The molecule has 5 fully saturated rings. The summed E-state index contributed by atoms with van der Waals surface area (Å²) in [6.07, 6.45) is 10.6. The summed E-state index contributed by atoms with van der Waals surface area (Å²) in [4.78, 5) is 55.5. The van der Waals surface area contributed by atoms with E-state index in [2.05, 4.69) is 67.0 Å². The molecular formula is C44H54N10O5. The van der Waals surface area contributed by atoms with Crippen LogP contribution in [0.2, 0.25) is 0 Å². The molecule has 6 aliphatic rings. The van der Waals surface area contributed by atoms with Crippen molar-refractivity contribution in [3.63, 3.8) is 0 Å². The molecule has 15 nitrogen and oxygen atoms in total. The molecule has 2 aromatic heterocycles. The van der Waals surface area contributed by atoms with Crippen LogP contribution < -0.4 is 21.3 Å². The molecule has 310 valence electrons. The molecule has 1 spiro atoms. The zero-order chi connectivity index (χ0) is 40.4. The van der Waals surface area contributed by atoms with Crippen molar-refractivity contribution in [3.05, 3.63) is 70.7 Å². The molecule has 0 bridgehead atoms. The fraction of sp³-hybridized carbons (Fsp3) is 0.545. The molecule has 5 N–H and O–H groups in total. The fourth-order valence-corrected chi connectivity index (χ4v) is 11.1. The number of amides is 4. The van der Waals surface area contributed by atoms with Crippen molar-refractivity contribution >= 4 is 46.1 Å². The number of likely N-dealkylation sites (N-methyl/N-ethyl adjacent to an activating group) is 1. The van der Waals surface area contributed by atoms with Gasteiger partial charge in [-0.2, -0.15) is 0 Å². The minimum absolute atomic E-state index is 0.0751. The molecule has 59 heavy (non-hydrogen) atoms. The van der Waals surface area contributed by atoms with Crippen LogP contribution in [0.3, 0.4) is 0 Å². The van der Waals surface area contributed by atoms with Gasteiger partial charge in [-0.15, -0.1) is 0 Å². The number of aromatic nitrogens is 3. The number of nitrogens with zero attached hydrogens (tertiary/aromatic N) is 7. The number of hydrogen-bond acceptors (Lipinski definition) is 11. The Balaban J connectivity index is 0.722. The second-order valence-electron chi connectivity index (χ2n) is 18.2. The molecule has 1 saturated carbocycles. The first-order chi connectivity index (χ1) is 28.6. The number of carbonyl (C=O) groups excluding carboxylic acids is 3. The summed E-state index contributed by atoms with van der Waals surface area (Å²) >= 11 is 0. The normalized spacial score (nSPS) is 26.0. The molecular weight excluding hydrogens is 749 g/mol. The molecule has 0 radical (unpaired) electrons. The summed E-state index contributed by atoms with van der Waals surface area (Å²) in [6, 6.07) is 13.0. The summed E-state index contributed by atoms with van der Waals surface area (Å²) in [5.74, 6) is 0.843. The average molecular weight is 803 g/mol. The second-order valence-corrected chi connectivity index (χ2v) is 18.2. The largest absolute Gasteiger partial charge is 0.374 e. The SMILES string of the molecule is CN1CCN([C@@H]2CCCN(c3cnc(C(N)=O)c(Nc4ccc(C5CCC6(CC5)CN(C[C@@H]5Cc7ccc8c(C9CCC(O)NC9=O)noc8c7C5)C6)cc4)n3)C2)C1=O. The van der Waals surface area contributed by atoms with Crippen molar-refractivity contribution in [1.29, 1.82) is 0 Å². The first-order valence-corrected chi connectivity index (χ1v) is 21.5. The lowest BCUT2D eigenvalue weighted by atomic mass is 9.64. The summed E-state index contributed by atoms with van der Waals surface area (Å²) < 4.78 is 5.90. The highest BCUT2D eigenvalue weighted by Gasteiger charge is 2.46. The Kier molecular flexibility index (Phi) is 9.70. The lowest BCUT2D eigenvalue weighted by Crippen LogP contribution is -2.58. The predicted molar refractivity (Wildman–Crippen MR) is 221 cm³/mol. The zero-order valence-corrected chi connectivity index (χ0v) is 33.7. The third-order valence-corrected chi connectivity index (χ3v) is 14.3. The first kappa shape index (κ1) is 38.0. The van der Waals surface area contributed by atoms with E-state index in [4.69, 9.17) is 15.2 Å². The van der Waals surface area contributed by atoms with Gasteiger partial charge in [0.1, 0.15) is 17.7 Å². The van der Waals surface area contributed by atoms with Gasteiger partial charge in [0.05, 0.1) is 18.2 Å². The molecule has 4 aromatic rings. The summed E-state index contributed by atoms with van der Waals surface area (Å²) in [6.45, 7) is 6.35. The van der Waals surface area contributed by atoms with Crippen molar-refractivity contribution in [1.82, 2.24) is 35.1 Å². The first-order valence-electron chi connectivity index (χ1n) is 21.5. The highest BCUT2D eigenvalue weighted by atomic mass is 16.5. The van der Waals surface area contributed by atoms with Crippen molar-refractivity contribution < 1.29 is 24.0 Å². The number of anilines is 3. The number of rotatable bonds is 9. The lowest BCUT2D eigenvalue weighted by Gasteiger charge is -2.54. The third kappa shape index (κ3) is 7.15. The molecule has 4 aliphatic heterocycles. The zero-order valence-electron chi connectivity index (χ0n) is 33.7. The van der Waals surface area contributed by atoms with Crippen LogP contribution in [0.15, 0.2) is 47.1 Å². The Morgan fingerprint density at radius 1 is 1.02 bits per heavy atom. The number of fused-ring (bicyclic) bond motifs is 3. The molecule has 2 aliphatic carbocycles. The Bertz CT molecular complexity index is 2260. The van der Waals surface area contributed by atoms with Gasteiger partial charge >= 0.3 is 6.03 Å². The van der Waals surface area contributed by atoms with Gasteiger partial charge < -0.3 is 45.6 Å². The minimum atomic E-state index is -0.787. The van der Waals surface area contributed by atoms with E-state index in [0.29, 0.717) is 54.0 Å². The van der Waals surface area contributed by atoms with E-state index in [0.717, 1.165) is 81.6 Å². The topological polar surface area (TPSA) is 186 Å². The van der Waals surface area contributed by atoms with Gasteiger partial charge in [0.25, 0.3) is 5.91 Å². The highest BCUT2D eigenvalue weighted by molar-refractivity contribution is 5.96. The minimum Gasteiger partial charge on any atom is -0.374 e. The number of likely N-dealkylation sites (tertiary alicyclic amines) is 1. The van der Waals surface area contributed by atoms with E-state index in [1.807, 2.05) is 11.9 Å². The van der Waals surface area contributed by atoms with Crippen molar-refractivity contribution in [2.75, 3.05) is 63.1 Å². The fourth-order valence-electron chi connectivity index (χ4n) is 11.1. The molecule has 15 heteroatoms. The van der Waals surface area contributed by atoms with Crippen molar-refractivity contribution in [2.24, 2.45) is 17.1 Å². The number of hydrogen-bond donors (Lipinski definition) is 4. The van der Waals surface area contributed by atoms with Crippen LogP contribution in [0.1, 0.15) is 96.1 Å². The van der Waals surface area contributed by atoms with E-state index in [9.17, 15) is 19.5 Å². The van der Waals surface area contributed by atoms with E-state index >= 15 is 0 Å². The van der Waals surface area contributed by atoms with Crippen LogP contribution in [0.5, 0.6) is 0 Å². The molecule has 4 atom stereocenters. The Morgan fingerprint density at radius 2 is 1.83 bits per heavy atom. The maximum Gasteiger partial charge on any atom is 0.320 e. The van der Waals surface area contributed by atoms with Crippen LogP contribution in [0, 0.1) is 11.3 Å². The van der Waals surface area contributed by atoms with E-state index in [1.54, 1.807) is 11.1 Å². The molecule has 4 saturated heterocycles. The summed E-state index contributed by atoms with van der Waals surface area (Å²) in [5, 5.41) is 21.1. The van der Waals surface area contributed by atoms with Crippen molar-refractivity contribution in [2.45, 2.75) is 88.3 Å². The van der Waals surface area contributed by atoms with Crippen molar-refractivity contribution in [3.8, 4) is 0 Å². The maximum absolute atomic E-state index is 12.7. The smallest absolute Gasteiger partial charge is 0.320 e. The number of aliphatic hydroxyl groups excluding tert-OH is 1. The number of aliphatic hydroxyl groups is 1. The number of benzene rings is 2. The van der Waals surface area contributed by atoms with Gasteiger partial charge in [-0.25, -0.2) is 14.8 Å². The molecule has 2 aromatic carbocycles. The van der Waals surface area contributed by atoms with Crippen LogP contribution in [-0.4, -0.2) is 118 Å².